The van der Waals surface area contributed by atoms with Gasteiger partial charge in [-0.1, -0.05) is 6.07 Å². The van der Waals surface area contributed by atoms with E-state index in [1.165, 1.54) is 29.4 Å². The smallest absolute Gasteiger partial charge is 0.417 e. The summed E-state index contributed by atoms with van der Waals surface area (Å²) in [5.41, 5.74) is 0.680. The average molecular weight is 498 g/mol. The molecule has 0 spiro atoms. The molecule has 0 bridgehead atoms. The van der Waals surface area contributed by atoms with Gasteiger partial charge >= 0.3 is 18.0 Å². The first kappa shape index (κ1) is 21.9. The molecule has 36 heavy (non-hydrogen) atoms. The predicted molar refractivity (Wildman–Crippen MR) is 114 cm³/mol. The molecule has 4 aromatic heterocycles. The number of aromatic nitrogens is 5. The quantitative estimate of drug-likeness (QED) is 0.363. The van der Waals surface area contributed by atoms with E-state index in [2.05, 4.69) is 25.1 Å². The summed E-state index contributed by atoms with van der Waals surface area (Å²) >= 11 is 0. The molecular weight excluding hydrogens is 484 g/mol. The summed E-state index contributed by atoms with van der Waals surface area (Å²) in [6, 6.07) is 7.06. The van der Waals surface area contributed by atoms with Crippen molar-refractivity contribution in [3.8, 4) is 11.6 Å². The summed E-state index contributed by atoms with van der Waals surface area (Å²) in [5, 5.41) is 7.81. The number of nitrogens with one attached hydrogen (secondary N) is 1. The first-order valence-electron chi connectivity index (χ1n) is 10.7. The number of amides is 1. The summed E-state index contributed by atoms with van der Waals surface area (Å²) in [6.45, 7) is 0.231. The van der Waals surface area contributed by atoms with Crippen LogP contribution in [0.1, 0.15) is 39.4 Å². The Morgan fingerprint density at radius 3 is 2.72 bits per heavy atom. The van der Waals surface area contributed by atoms with Crippen molar-refractivity contribution in [2.24, 2.45) is 0 Å². The molecule has 182 valence electrons. The maximum Gasteiger partial charge on any atom is 0.417 e. The molecule has 1 aliphatic rings. The topological polar surface area (TPSA) is 114 Å². The number of hydrogen-bond acceptors (Lipinski definition) is 7. The van der Waals surface area contributed by atoms with Gasteiger partial charge in [0.1, 0.15) is 28.9 Å². The number of alkyl halides is 3. The zero-order chi connectivity index (χ0) is 25.0. The maximum atomic E-state index is 14.3. The lowest BCUT2D eigenvalue weighted by atomic mass is 10.00. The van der Waals surface area contributed by atoms with Gasteiger partial charge in [-0.05, 0) is 30.3 Å². The molecule has 1 aliphatic heterocycles. The Hall–Kier alpha value is -4.55. The fourth-order valence-electron chi connectivity index (χ4n) is 4.19. The minimum atomic E-state index is -4.55. The van der Waals surface area contributed by atoms with Crippen molar-refractivity contribution in [2.75, 3.05) is 6.54 Å². The van der Waals surface area contributed by atoms with Crippen molar-refractivity contribution >= 4 is 16.9 Å². The van der Waals surface area contributed by atoms with Crippen LogP contribution in [0.4, 0.5) is 17.6 Å². The molecule has 0 unspecified atom stereocenters. The van der Waals surface area contributed by atoms with Gasteiger partial charge in [0.2, 0.25) is 0 Å². The molecule has 0 fully saturated rings. The highest BCUT2D eigenvalue weighted by molar-refractivity contribution is 5.90. The maximum absolute atomic E-state index is 14.3. The molecular formula is C23H14F4N6O3. The van der Waals surface area contributed by atoms with Crippen LogP contribution in [0.2, 0.25) is 0 Å². The van der Waals surface area contributed by atoms with Gasteiger partial charge in [0.05, 0.1) is 23.0 Å². The minimum Gasteiger partial charge on any atom is -0.458 e. The van der Waals surface area contributed by atoms with Gasteiger partial charge in [0, 0.05) is 24.9 Å². The van der Waals surface area contributed by atoms with E-state index in [4.69, 9.17) is 8.83 Å². The number of halogens is 4. The fraction of sp³-hybridized carbons (Fsp3) is 0.174. The lowest BCUT2D eigenvalue weighted by Crippen LogP contribution is -2.40. The van der Waals surface area contributed by atoms with Gasteiger partial charge in [0.25, 0.3) is 5.89 Å². The van der Waals surface area contributed by atoms with Crippen LogP contribution < -0.4 is 0 Å². The van der Waals surface area contributed by atoms with Crippen molar-refractivity contribution in [1.82, 2.24) is 30.0 Å². The van der Waals surface area contributed by atoms with Crippen LogP contribution >= 0.6 is 0 Å². The second kappa shape index (κ2) is 8.00. The second-order valence-electron chi connectivity index (χ2n) is 8.06. The highest BCUT2D eigenvalue weighted by Crippen LogP contribution is 2.37. The Morgan fingerprint density at radius 2 is 1.97 bits per heavy atom. The molecule has 1 N–H and O–H groups in total. The van der Waals surface area contributed by atoms with Crippen molar-refractivity contribution in [3.05, 3.63) is 83.3 Å². The van der Waals surface area contributed by atoms with Crippen LogP contribution in [0.15, 0.2) is 57.8 Å². The molecule has 5 aromatic rings. The number of H-pyrrole nitrogens is 1. The Morgan fingerprint density at radius 1 is 1.11 bits per heavy atom. The molecule has 5 heterocycles. The van der Waals surface area contributed by atoms with E-state index in [-0.39, 0.29) is 23.5 Å². The number of pyridine rings is 1. The minimum absolute atomic E-state index is 0.0212. The van der Waals surface area contributed by atoms with Crippen molar-refractivity contribution in [2.45, 2.75) is 18.6 Å². The van der Waals surface area contributed by atoms with E-state index in [1.54, 1.807) is 6.07 Å². The Bertz CT molecular complexity index is 1590. The van der Waals surface area contributed by atoms with E-state index in [9.17, 15) is 22.4 Å². The Labute approximate surface area is 198 Å². The Balaban J connectivity index is 1.35. The summed E-state index contributed by atoms with van der Waals surface area (Å²) < 4.78 is 64.1. The number of aromatic amines is 1. The molecule has 1 aromatic carbocycles. The van der Waals surface area contributed by atoms with E-state index < -0.39 is 35.4 Å². The third-order valence-corrected chi connectivity index (χ3v) is 5.90. The number of nitrogens with zero attached hydrogens (tertiary/aromatic N) is 5. The van der Waals surface area contributed by atoms with Gasteiger partial charge in [-0.3, -0.25) is 9.78 Å². The summed E-state index contributed by atoms with van der Waals surface area (Å²) in [6.07, 6.45) is -1.96. The molecule has 1 atom stereocenters. The number of rotatable bonds is 3. The number of fused-ring (bicyclic) bond motifs is 2. The molecule has 0 aliphatic carbocycles. The molecule has 0 radical (unpaired) electrons. The monoisotopic (exact) mass is 498 g/mol. The summed E-state index contributed by atoms with van der Waals surface area (Å²) in [5.74, 6) is -1.44. The molecule has 1 amide bonds. The number of furan rings is 1. The lowest BCUT2D eigenvalue weighted by Gasteiger charge is -2.32. The van der Waals surface area contributed by atoms with Crippen molar-refractivity contribution in [1.29, 1.82) is 0 Å². The summed E-state index contributed by atoms with van der Waals surface area (Å²) in [7, 11) is 0. The largest absolute Gasteiger partial charge is 0.458 e. The van der Waals surface area contributed by atoms with Gasteiger partial charge < -0.3 is 18.7 Å². The van der Waals surface area contributed by atoms with Crippen LogP contribution in [0.5, 0.6) is 0 Å². The van der Waals surface area contributed by atoms with E-state index >= 15 is 0 Å². The lowest BCUT2D eigenvalue weighted by molar-refractivity contribution is -0.137. The number of carbonyl (C=O) groups is 1. The van der Waals surface area contributed by atoms with Gasteiger partial charge in [0.15, 0.2) is 0 Å². The number of hydrogen-bond donors (Lipinski definition) is 1. The van der Waals surface area contributed by atoms with E-state index in [0.717, 1.165) is 17.8 Å². The number of carbonyl (C=O) groups excluding carboxylic acids is 1. The zero-order valence-electron chi connectivity index (χ0n) is 18.1. The van der Waals surface area contributed by atoms with Crippen LogP contribution in [0.25, 0.3) is 22.6 Å². The fourth-order valence-corrected chi connectivity index (χ4v) is 4.19. The van der Waals surface area contributed by atoms with E-state index in [0.29, 0.717) is 29.7 Å². The molecule has 6 rings (SSSR count). The zero-order valence-corrected chi connectivity index (χ0v) is 18.1. The van der Waals surface area contributed by atoms with Crippen molar-refractivity contribution in [3.63, 3.8) is 0 Å². The second-order valence-corrected chi connectivity index (χ2v) is 8.06. The highest BCUT2D eigenvalue weighted by atomic mass is 19.4. The van der Waals surface area contributed by atoms with Crippen LogP contribution in [0.3, 0.4) is 0 Å². The third-order valence-electron chi connectivity index (χ3n) is 5.90. The predicted octanol–water partition coefficient (Wildman–Crippen LogP) is 4.55. The van der Waals surface area contributed by atoms with Crippen molar-refractivity contribution < 1.29 is 31.2 Å². The number of imidazole rings is 1. The van der Waals surface area contributed by atoms with Gasteiger partial charge in [-0.15, -0.1) is 10.2 Å². The first-order chi connectivity index (χ1) is 17.3. The van der Waals surface area contributed by atoms with Crippen LogP contribution in [-0.4, -0.2) is 42.5 Å². The normalized spacial score (nSPS) is 15.9. The first-order valence-corrected chi connectivity index (χ1v) is 10.7. The SMILES string of the molecule is O=C(c1nnc(-c2ccc(C(F)(F)F)cn2)o1)N1CCc2[nH]cnc2[C@H]1c1cc2c(F)cccc2o1. The molecule has 9 nitrogen and oxygen atoms in total. The molecule has 13 heteroatoms. The van der Waals surface area contributed by atoms with E-state index in [1.807, 2.05) is 0 Å². The number of benzene rings is 1. The van der Waals surface area contributed by atoms with Gasteiger partial charge in [-0.25, -0.2) is 9.37 Å². The Kier molecular flexibility index (Phi) is 4.88. The summed E-state index contributed by atoms with van der Waals surface area (Å²) in [4.78, 5) is 25.9. The van der Waals surface area contributed by atoms with Crippen LogP contribution in [0, 0.1) is 5.82 Å². The average Bonchev–Trinajstić information content (AvgIpc) is 3.62. The van der Waals surface area contributed by atoms with Crippen LogP contribution in [-0.2, 0) is 12.6 Å². The van der Waals surface area contributed by atoms with Gasteiger partial charge in [-0.2, -0.15) is 13.2 Å². The highest BCUT2D eigenvalue weighted by Gasteiger charge is 2.39. The molecule has 0 saturated heterocycles. The standard InChI is InChI=1S/C23H14F4N6O3/c24-13-2-1-3-16-12(13)8-17(35-16)19-18-14(29-10-30-18)6-7-33(19)22(34)21-32-31-20(36-21)15-5-4-11(9-28-15)23(25,26)27/h1-5,8-10,19H,6-7H2,(H,29,30)/t19-/m1/s1. The molecule has 0 saturated carbocycles. The third kappa shape index (κ3) is 3.59.